The number of benzene rings is 4. The van der Waals surface area contributed by atoms with Crippen LogP contribution >= 0.6 is 0 Å². The first-order valence-electron chi connectivity index (χ1n) is 19.9. The van der Waals surface area contributed by atoms with Crippen LogP contribution in [0.15, 0.2) is 169 Å². The third-order valence-corrected chi connectivity index (χ3v) is 15.4. The molecule has 0 saturated carbocycles. The second kappa shape index (κ2) is 17.0. The van der Waals surface area contributed by atoms with Crippen LogP contribution in [0.3, 0.4) is 0 Å². The molecule has 0 amide bonds. The summed E-state index contributed by atoms with van der Waals surface area (Å²) in [4.78, 5) is 0. The number of rotatable bonds is 12. The van der Waals surface area contributed by atoms with Gasteiger partial charge in [0.25, 0.3) is 0 Å². The van der Waals surface area contributed by atoms with Gasteiger partial charge < -0.3 is 0 Å². The smallest absolute Gasteiger partial charge is 0.0714 e. The highest BCUT2D eigenvalue weighted by atomic mass is 28.3. The summed E-state index contributed by atoms with van der Waals surface area (Å²) in [6, 6.07) is 36.3. The Morgan fingerprint density at radius 1 is 0.648 bits per heavy atom. The molecule has 0 bridgehead atoms. The highest BCUT2D eigenvalue weighted by molar-refractivity contribution is 6.61. The zero-order chi connectivity index (χ0) is 38.3. The van der Waals surface area contributed by atoms with Gasteiger partial charge in [-0.15, -0.1) is 0 Å². The first kappa shape index (κ1) is 38.7. The Labute approximate surface area is 328 Å². The molecule has 273 valence electrons. The van der Waals surface area contributed by atoms with Crippen molar-refractivity contribution in [3.05, 3.63) is 208 Å². The molecule has 2 aliphatic rings. The Morgan fingerprint density at radius 2 is 1.24 bits per heavy atom. The van der Waals surface area contributed by atoms with E-state index in [1.165, 1.54) is 72.8 Å². The van der Waals surface area contributed by atoms with E-state index in [4.69, 9.17) is 0 Å². The lowest BCUT2D eigenvalue weighted by Gasteiger charge is -2.35. The summed E-state index contributed by atoms with van der Waals surface area (Å²) in [5.74, 6) is 0. The van der Waals surface area contributed by atoms with Crippen molar-refractivity contribution in [1.82, 2.24) is 0 Å². The Balaban J connectivity index is 1.65. The molecule has 0 aromatic heterocycles. The van der Waals surface area contributed by atoms with Crippen LogP contribution < -0.4 is 0 Å². The zero-order valence-electron chi connectivity index (χ0n) is 33.7. The van der Waals surface area contributed by atoms with Crippen molar-refractivity contribution >= 4 is 25.5 Å². The molecule has 0 heterocycles. The van der Waals surface area contributed by atoms with Crippen molar-refractivity contribution in [2.45, 2.75) is 84.4 Å². The van der Waals surface area contributed by atoms with E-state index < -0.39 is 14.2 Å². The van der Waals surface area contributed by atoms with Gasteiger partial charge in [-0.3, -0.25) is 0 Å². The predicted molar refractivity (Wildman–Crippen MR) is 240 cm³/mol. The molecule has 1 heteroatoms. The van der Waals surface area contributed by atoms with Crippen LogP contribution in [-0.2, 0) is 5.41 Å². The SMILES string of the molecule is C\C=C/C=C(\C=C\C)c1cccc(C2(c3cccc(C(/C=C/C)=C/C=C\C)c3)c3ccccc3-c3ccc(C4=CC=C(C(C)(C)[Si](C)CC)CC4)cc32)c1. The van der Waals surface area contributed by atoms with Crippen LogP contribution in [0.1, 0.15) is 100 Å². The van der Waals surface area contributed by atoms with E-state index in [1.54, 1.807) is 5.57 Å². The van der Waals surface area contributed by atoms with Crippen LogP contribution in [0.2, 0.25) is 17.6 Å². The van der Waals surface area contributed by atoms with Gasteiger partial charge in [0.15, 0.2) is 0 Å². The maximum atomic E-state index is 2.54. The van der Waals surface area contributed by atoms with E-state index in [2.05, 4.69) is 219 Å². The fourth-order valence-corrected chi connectivity index (χ4v) is 10.1. The van der Waals surface area contributed by atoms with E-state index in [9.17, 15) is 0 Å². The molecule has 0 spiro atoms. The molecule has 0 nitrogen and oxygen atoms in total. The zero-order valence-corrected chi connectivity index (χ0v) is 34.7. The molecule has 0 aliphatic heterocycles. The van der Waals surface area contributed by atoms with Crippen molar-refractivity contribution in [3.8, 4) is 11.1 Å². The van der Waals surface area contributed by atoms with Crippen molar-refractivity contribution in [3.63, 3.8) is 0 Å². The summed E-state index contributed by atoms with van der Waals surface area (Å²) in [6.07, 6.45) is 28.7. The molecule has 0 N–H and O–H groups in total. The molecule has 2 aliphatic carbocycles. The van der Waals surface area contributed by atoms with Gasteiger partial charge in [-0.2, -0.15) is 0 Å². The molecule has 0 saturated heterocycles. The van der Waals surface area contributed by atoms with Crippen LogP contribution in [-0.4, -0.2) is 8.80 Å². The van der Waals surface area contributed by atoms with E-state index in [0.717, 1.165) is 12.8 Å². The van der Waals surface area contributed by atoms with Crippen LogP contribution in [0, 0.1) is 0 Å². The van der Waals surface area contributed by atoms with Gasteiger partial charge in [0, 0.05) is 0 Å². The summed E-state index contributed by atoms with van der Waals surface area (Å²) in [7, 11) is -0.458. The molecular formula is C53H57Si. The Hall–Kier alpha value is -4.98. The Bertz CT molecular complexity index is 2160. The van der Waals surface area contributed by atoms with Crippen molar-refractivity contribution in [2.24, 2.45) is 0 Å². The number of allylic oxidation sites excluding steroid dienone is 16. The highest BCUT2D eigenvalue weighted by Gasteiger charge is 2.46. The average Bonchev–Trinajstić information content (AvgIpc) is 3.51. The van der Waals surface area contributed by atoms with Crippen molar-refractivity contribution in [1.29, 1.82) is 0 Å². The summed E-state index contributed by atoms with van der Waals surface area (Å²) in [5.41, 5.74) is 16.5. The summed E-state index contributed by atoms with van der Waals surface area (Å²) < 4.78 is 0. The second-order valence-corrected chi connectivity index (χ2v) is 18.7. The maximum Gasteiger partial charge on any atom is 0.0714 e. The third kappa shape index (κ3) is 7.27. The van der Waals surface area contributed by atoms with E-state index in [-0.39, 0.29) is 0 Å². The molecule has 0 atom stereocenters. The highest BCUT2D eigenvalue weighted by Crippen LogP contribution is 2.57. The molecule has 1 radical (unpaired) electrons. The lowest BCUT2D eigenvalue weighted by molar-refractivity contribution is 0.713. The summed E-state index contributed by atoms with van der Waals surface area (Å²) >= 11 is 0. The van der Waals surface area contributed by atoms with Crippen molar-refractivity contribution < 1.29 is 0 Å². The molecule has 0 unspecified atom stereocenters. The largest absolute Gasteiger partial charge is 0.0876 e. The minimum absolute atomic E-state index is 0.298. The standard InChI is InChI=1S/C53H57Si/c1-9-14-22-39(20-11-3)42-24-18-26-46(36-42)53(47-27-19-25-43(37-47)40(21-12-4)23-15-10-2)50-29-17-16-28-48(50)49-35-32-44(38-51(49)53)41-30-33-45(34-31-41)52(6,7)54(8)13-5/h9-12,14-30,32-33,35-38H,13,31,34H2,1-8H3/b14-9-,15-10-,20-11+,21-12+,39-22+,40-23+. The quantitative estimate of drug-likeness (QED) is 0.0889. The number of hydrogen-bond acceptors (Lipinski definition) is 0. The summed E-state index contributed by atoms with van der Waals surface area (Å²) in [5, 5.41) is 0.298. The van der Waals surface area contributed by atoms with Gasteiger partial charge in [0.05, 0.1) is 14.2 Å². The van der Waals surface area contributed by atoms with Gasteiger partial charge >= 0.3 is 0 Å². The second-order valence-electron chi connectivity index (χ2n) is 15.2. The first-order chi connectivity index (χ1) is 26.2. The lowest BCUT2D eigenvalue weighted by Crippen LogP contribution is -2.29. The Morgan fingerprint density at radius 3 is 1.78 bits per heavy atom. The molecule has 0 fully saturated rings. The van der Waals surface area contributed by atoms with E-state index in [1.807, 2.05) is 0 Å². The molecule has 4 aromatic carbocycles. The first-order valence-corrected chi connectivity index (χ1v) is 22.1. The molecule has 4 aromatic rings. The molecule has 6 rings (SSSR count). The van der Waals surface area contributed by atoms with E-state index >= 15 is 0 Å². The molecular weight excluding hydrogens is 665 g/mol. The monoisotopic (exact) mass is 721 g/mol. The predicted octanol–water partition coefficient (Wildman–Crippen LogP) is 15.1. The fourth-order valence-electron chi connectivity index (χ4n) is 8.50. The van der Waals surface area contributed by atoms with Gasteiger partial charge in [0.1, 0.15) is 0 Å². The van der Waals surface area contributed by atoms with Gasteiger partial charge in [-0.05, 0) is 131 Å². The van der Waals surface area contributed by atoms with Crippen LogP contribution in [0.5, 0.6) is 0 Å². The van der Waals surface area contributed by atoms with Gasteiger partial charge in [-0.25, -0.2) is 0 Å². The van der Waals surface area contributed by atoms with Gasteiger partial charge in [0.2, 0.25) is 0 Å². The van der Waals surface area contributed by atoms with Crippen LogP contribution in [0.25, 0.3) is 27.8 Å². The van der Waals surface area contributed by atoms with Crippen LogP contribution in [0.4, 0.5) is 0 Å². The van der Waals surface area contributed by atoms with Gasteiger partial charge in [-0.1, -0.05) is 185 Å². The fraction of sp³-hybridized carbons (Fsp3) is 0.245. The number of hydrogen-bond donors (Lipinski definition) is 0. The maximum absolute atomic E-state index is 2.54. The van der Waals surface area contributed by atoms with E-state index in [0.29, 0.717) is 5.04 Å². The number of fused-ring (bicyclic) bond motifs is 3. The topological polar surface area (TPSA) is 0 Å². The third-order valence-electron chi connectivity index (χ3n) is 11.9. The minimum Gasteiger partial charge on any atom is -0.0876 e. The average molecular weight is 722 g/mol. The normalized spacial score (nSPS) is 17.9. The van der Waals surface area contributed by atoms with Crippen molar-refractivity contribution in [2.75, 3.05) is 0 Å². The molecule has 54 heavy (non-hydrogen) atoms. The Kier molecular flexibility index (Phi) is 12.2. The minimum atomic E-state index is -0.532. The summed E-state index contributed by atoms with van der Waals surface area (Å²) in [6.45, 7) is 18.2. The lowest BCUT2D eigenvalue weighted by atomic mass is 9.66.